The quantitative estimate of drug-likeness (QED) is 0.391. The third-order valence-corrected chi connectivity index (χ3v) is 3.87. The fraction of sp³-hybridized carbons (Fsp3) is 0.583. The van der Waals surface area contributed by atoms with Gasteiger partial charge in [0.2, 0.25) is 11.8 Å². The maximum absolute atomic E-state index is 12.1. The molecule has 1 aliphatic rings. The highest BCUT2D eigenvalue weighted by atomic mass is 32.2. The summed E-state index contributed by atoms with van der Waals surface area (Å²) in [4.78, 5) is 40.1. The van der Waals surface area contributed by atoms with Gasteiger partial charge in [0.1, 0.15) is 6.04 Å². The molecule has 0 saturated carbocycles. The second-order valence-electron chi connectivity index (χ2n) is 4.29. The van der Waals surface area contributed by atoms with Gasteiger partial charge in [-0.2, -0.15) is 11.8 Å². The second-order valence-corrected chi connectivity index (χ2v) is 5.66. The highest BCUT2D eigenvalue weighted by molar-refractivity contribution is 7.98. The summed E-state index contributed by atoms with van der Waals surface area (Å²) in [7, 11) is 0. The number of nitrogens with one attached hydrogen (secondary N) is 1. The van der Waals surface area contributed by atoms with Crippen LogP contribution < -0.4 is 5.32 Å². The van der Waals surface area contributed by atoms with Gasteiger partial charge in [-0.15, -0.1) is 0 Å². The molecule has 0 aromatic heterocycles. The van der Waals surface area contributed by atoms with Gasteiger partial charge in [0.15, 0.2) is 11.0 Å². The Morgan fingerprint density at radius 1 is 1.62 bits per heavy atom. The molecule has 116 valence electrons. The smallest absolute Gasteiger partial charge is 0.328 e. The van der Waals surface area contributed by atoms with Crippen molar-refractivity contribution < 1.29 is 19.5 Å². The molecule has 1 rings (SSSR count). The zero-order valence-electron chi connectivity index (χ0n) is 11.7. The molecule has 0 unspecified atom stereocenters. The Morgan fingerprint density at radius 3 is 2.81 bits per heavy atom. The number of nitrogens with zero attached hydrogens (tertiary/aromatic N) is 2. The molecule has 0 aromatic rings. The molecule has 2 N–H and O–H groups in total. The van der Waals surface area contributed by atoms with Crippen molar-refractivity contribution in [2.75, 3.05) is 18.6 Å². The molecule has 7 nitrogen and oxygen atoms in total. The molecule has 0 radical (unpaired) electrons. The lowest BCUT2D eigenvalue weighted by Gasteiger charge is -2.29. The first-order valence-electron chi connectivity index (χ1n) is 6.33. The van der Waals surface area contributed by atoms with Crippen molar-refractivity contribution >= 4 is 53.1 Å². The van der Waals surface area contributed by atoms with Crippen LogP contribution in [0.5, 0.6) is 0 Å². The van der Waals surface area contributed by atoms with E-state index >= 15 is 0 Å². The van der Waals surface area contributed by atoms with Crippen LogP contribution in [0, 0.1) is 5.92 Å². The SMILES string of the molecule is CCN1C(=O)[C@@H](C=N[C@@H](CCSC)C(=O)O)C(=O)NC1=S. The van der Waals surface area contributed by atoms with Crippen LogP contribution in [0.15, 0.2) is 4.99 Å². The van der Waals surface area contributed by atoms with Gasteiger partial charge < -0.3 is 10.4 Å². The standard InChI is InChI=1S/C12H17N3O4S2/c1-3-15-10(17)7(9(16)14-12(15)20)6-13-8(11(18)19)4-5-21-2/h6-8H,3-5H2,1-2H3,(H,18,19)(H,14,16,20)/t7-,8-/m0/s1. The maximum Gasteiger partial charge on any atom is 0.328 e. The molecule has 21 heavy (non-hydrogen) atoms. The topological polar surface area (TPSA) is 99.1 Å². The van der Waals surface area contributed by atoms with Gasteiger partial charge in [0, 0.05) is 12.8 Å². The number of amides is 2. The van der Waals surface area contributed by atoms with Crippen molar-refractivity contribution in [2.24, 2.45) is 10.9 Å². The predicted molar refractivity (Wildman–Crippen MR) is 84.5 cm³/mol. The van der Waals surface area contributed by atoms with E-state index in [9.17, 15) is 14.4 Å². The van der Waals surface area contributed by atoms with E-state index < -0.39 is 29.7 Å². The van der Waals surface area contributed by atoms with Gasteiger partial charge in [-0.05, 0) is 37.6 Å². The zero-order chi connectivity index (χ0) is 16.0. The average Bonchev–Trinajstić information content (AvgIpc) is 2.41. The van der Waals surface area contributed by atoms with Crippen LogP contribution in [-0.2, 0) is 14.4 Å². The van der Waals surface area contributed by atoms with Gasteiger partial charge in [0.25, 0.3) is 0 Å². The summed E-state index contributed by atoms with van der Waals surface area (Å²) in [6.45, 7) is 2.06. The Balaban J connectivity index is 2.85. The van der Waals surface area contributed by atoms with Crippen molar-refractivity contribution in [2.45, 2.75) is 19.4 Å². The van der Waals surface area contributed by atoms with Crippen LogP contribution in [0.4, 0.5) is 0 Å². The van der Waals surface area contributed by atoms with Crippen LogP contribution in [0.2, 0.25) is 0 Å². The number of hydrogen-bond donors (Lipinski definition) is 2. The lowest BCUT2D eigenvalue weighted by Crippen LogP contribution is -2.58. The van der Waals surface area contributed by atoms with E-state index in [1.54, 1.807) is 6.92 Å². The molecule has 1 aliphatic heterocycles. The normalized spacial score (nSPS) is 20.8. The molecule has 1 heterocycles. The van der Waals surface area contributed by atoms with Gasteiger partial charge in [0.05, 0.1) is 0 Å². The van der Waals surface area contributed by atoms with Gasteiger partial charge in [-0.3, -0.25) is 19.5 Å². The Morgan fingerprint density at radius 2 is 2.29 bits per heavy atom. The number of carboxylic acid groups (broad SMARTS) is 1. The van der Waals surface area contributed by atoms with E-state index in [2.05, 4.69) is 10.3 Å². The number of carbonyl (C=O) groups excluding carboxylic acids is 2. The molecule has 0 aromatic carbocycles. The summed E-state index contributed by atoms with van der Waals surface area (Å²) >= 11 is 6.41. The summed E-state index contributed by atoms with van der Waals surface area (Å²) in [5.41, 5.74) is 0. The minimum atomic E-state index is -1.13. The number of rotatable bonds is 7. The second kappa shape index (κ2) is 8.08. The molecule has 1 saturated heterocycles. The Hall–Kier alpha value is -1.48. The number of hydrogen-bond acceptors (Lipinski definition) is 6. The van der Waals surface area contributed by atoms with Crippen LogP contribution >= 0.6 is 24.0 Å². The molecule has 2 amide bonds. The molecular weight excluding hydrogens is 314 g/mol. The number of carboxylic acids is 1. The highest BCUT2D eigenvalue weighted by Gasteiger charge is 2.36. The number of aliphatic carboxylic acids is 1. The van der Waals surface area contributed by atoms with E-state index in [-0.39, 0.29) is 5.11 Å². The van der Waals surface area contributed by atoms with E-state index in [0.717, 1.165) is 6.21 Å². The number of thiocarbonyl (C=S) groups is 1. The van der Waals surface area contributed by atoms with Crippen LogP contribution in [0.3, 0.4) is 0 Å². The van der Waals surface area contributed by atoms with E-state index in [0.29, 0.717) is 18.7 Å². The lowest BCUT2D eigenvalue weighted by atomic mass is 10.1. The van der Waals surface area contributed by atoms with E-state index in [4.69, 9.17) is 17.3 Å². The molecular formula is C12H17N3O4S2. The van der Waals surface area contributed by atoms with Crippen molar-refractivity contribution in [3.8, 4) is 0 Å². The van der Waals surface area contributed by atoms with Gasteiger partial charge in [-0.25, -0.2) is 4.79 Å². The molecule has 2 atom stereocenters. The van der Waals surface area contributed by atoms with E-state index in [1.165, 1.54) is 16.7 Å². The number of aliphatic imine (C=N–C) groups is 1. The summed E-state index contributed by atoms with van der Waals surface area (Å²) in [6, 6.07) is -0.956. The fourth-order valence-corrected chi connectivity index (χ4v) is 2.52. The molecule has 9 heteroatoms. The van der Waals surface area contributed by atoms with Crippen molar-refractivity contribution in [3.05, 3.63) is 0 Å². The van der Waals surface area contributed by atoms with Gasteiger partial charge >= 0.3 is 5.97 Å². The first-order valence-corrected chi connectivity index (χ1v) is 8.13. The minimum Gasteiger partial charge on any atom is -0.480 e. The highest BCUT2D eigenvalue weighted by Crippen LogP contribution is 2.11. The maximum atomic E-state index is 12.1. The van der Waals surface area contributed by atoms with E-state index in [1.807, 2.05) is 6.26 Å². The fourth-order valence-electron chi connectivity index (χ4n) is 1.74. The third-order valence-electron chi connectivity index (χ3n) is 2.90. The first kappa shape index (κ1) is 17.6. The van der Waals surface area contributed by atoms with Crippen molar-refractivity contribution in [1.29, 1.82) is 0 Å². The predicted octanol–water partition coefficient (Wildman–Crippen LogP) is 0.143. The summed E-state index contributed by atoms with van der Waals surface area (Å²) in [5.74, 6) is -2.64. The Kier molecular flexibility index (Phi) is 6.76. The zero-order valence-corrected chi connectivity index (χ0v) is 13.4. The monoisotopic (exact) mass is 331 g/mol. The first-order chi connectivity index (χ1) is 9.92. The van der Waals surface area contributed by atoms with Crippen LogP contribution in [-0.4, -0.2) is 63.7 Å². The summed E-state index contributed by atoms with van der Waals surface area (Å²) < 4.78 is 0. The molecule has 0 aliphatic carbocycles. The van der Waals surface area contributed by atoms with Gasteiger partial charge in [-0.1, -0.05) is 0 Å². The van der Waals surface area contributed by atoms with Crippen LogP contribution in [0.1, 0.15) is 13.3 Å². The number of thioether (sulfide) groups is 1. The number of carbonyl (C=O) groups is 3. The van der Waals surface area contributed by atoms with Crippen LogP contribution in [0.25, 0.3) is 0 Å². The minimum absolute atomic E-state index is 0.0642. The Bertz CT molecular complexity index is 481. The lowest BCUT2D eigenvalue weighted by molar-refractivity contribution is -0.140. The third kappa shape index (κ3) is 4.50. The average molecular weight is 331 g/mol. The largest absolute Gasteiger partial charge is 0.480 e. The molecule has 0 spiro atoms. The van der Waals surface area contributed by atoms with Crippen molar-refractivity contribution in [1.82, 2.24) is 10.2 Å². The summed E-state index contributed by atoms with van der Waals surface area (Å²) in [5, 5.41) is 11.5. The van der Waals surface area contributed by atoms with Crippen molar-refractivity contribution in [3.63, 3.8) is 0 Å². The summed E-state index contributed by atoms with van der Waals surface area (Å²) in [6.07, 6.45) is 3.31. The molecule has 1 fully saturated rings. The molecule has 0 bridgehead atoms. The Labute approximate surface area is 132 Å².